The fourth-order valence-electron chi connectivity index (χ4n) is 2.05. The summed E-state index contributed by atoms with van der Waals surface area (Å²) in [6.45, 7) is 1.03. The van der Waals surface area contributed by atoms with E-state index in [-0.39, 0.29) is 0 Å². The maximum Gasteiger partial charge on any atom is 0.416 e. The van der Waals surface area contributed by atoms with Crippen LogP contribution >= 0.6 is 11.3 Å². The summed E-state index contributed by atoms with van der Waals surface area (Å²) in [7, 11) is 0. The van der Waals surface area contributed by atoms with Gasteiger partial charge in [0, 0.05) is 19.3 Å². The Hall–Kier alpha value is -2.12. The smallest absolute Gasteiger partial charge is 0.416 e. The topological polar surface area (TPSA) is 38.1 Å². The Kier molecular flexibility index (Phi) is 4.49. The minimum Gasteiger partial charge on any atom is -0.463 e. The van der Waals surface area contributed by atoms with Gasteiger partial charge in [0.25, 0.3) is 0 Å². The van der Waals surface area contributed by atoms with Crippen molar-refractivity contribution in [1.29, 1.82) is 0 Å². The SMILES string of the molecule is FC(F)(F)c1ccc(CNCc2ncc(-c3ccco3)s2)cc1. The van der Waals surface area contributed by atoms with Crippen molar-refractivity contribution >= 4 is 11.3 Å². The first-order chi connectivity index (χ1) is 11.0. The average molecular weight is 338 g/mol. The minimum absolute atomic E-state index is 0.480. The van der Waals surface area contributed by atoms with Crippen molar-refractivity contribution in [3.63, 3.8) is 0 Å². The number of rotatable bonds is 5. The van der Waals surface area contributed by atoms with Gasteiger partial charge in [-0.3, -0.25) is 0 Å². The van der Waals surface area contributed by atoms with E-state index in [1.54, 1.807) is 12.5 Å². The number of aromatic nitrogens is 1. The quantitative estimate of drug-likeness (QED) is 0.732. The lowest BCUT2D eigenvalue weighted by Gasteiger charge is -2.08. The molecular formula is C16H13F3N2OS. The zero-order chi connectivity index (χ0) is 16.3. The molecule has 0 saturated heterocycles. The lowest BCUT2D eigenvalue weighted by Crippen LogP contribution is -2.12. The second-order valence-corrected chi connectivity index (χ2v) is 6.01. The number of hydrogen-bond acceptors (Lipinski definition) is 4. The van der Waals surface area contributed by atoms with Crippen LogP contribution in [-0.4, -0.2) is 4.98 Å². The molecule has 2 aromatic heterocycles. The molecule has 2 heterocycles. The van der Waals surface area contributed by atoms with Gasteiger partial charge in [0.15, 0.2) is 0 Å². The highest BCUT2D eigenvalue weighted by Crippen LogP contribution is 2.29. The molecule has 3 nitrogen and oxygen atoms in total. The number of nitrogens with one attached hydrogen (secondary N) is 1. The van der Waals surface area contributed by atoms with E-state index in [1.165, 1.54) is 23.5 Å². The number of nitrogens with zero attached hydrogens (tertiary/aromatic N) is 1. The van der Waals surface area contributed by atoms with E-state index in [2.05, 4.69) is 10.3 Å². The van der Waals surface area contributed by atoms with Gasteiger partial charge < -0.3 is 9.73 Å². The van der Waals surface area contributed by atoms with Crippen molar-refractivity contribution in [1.82, 2.24) is 10.3 Å². The van der Waals surface area contributed by atoms with Crippen LogP contribution in [-0.2, 0) is 19.3 Å². The molecule has 0 atom stereocenters. The van der Waals surface area contributed by atoms with E-state index in [4.69, 9.17) is 4.42 Å². The molecular weight excluding hydrogens is 325 g/mol. The first-order valence-corrected chi connectivity index (χ1v) is 7.69. The average Bonchev–Trinajstić information content (AvgIpc) is 3.18. The third-order valence-electron chi connectivity index (χ3n) is 3.20. The van der Waals surface area contributed by atoms with Gasteiger partial charge in [-0.2, -0.15) is 13.2 Å². The van der Waals surface area contributed by atoms with Gasteiger partial charge in [0.1, 0.15) is 10.8 Å². The van der Waals surface area contributed by atoms with E-state index in [1.807, 2.05) is 12.1 Å². The van der Waals surface area contributed by atoms with Crippen molar-refractivity contribution in [3.05, 3.63) is 65.0 Å². The first-order valence-electron chi connectivity index (χ1n) is 6.88. The number of benzene rings is 1. The minimum atomic E-state index is -4.30. The number of halogens is 3. The highest BCUT2D eigenvalue weighted by atomic mass is 32.1. The van der Waals surface area contributed by atoms with Crippen LogP contribution in [0.2, 0.25) is 0 Å². The maximum absolute atomic E-state index is 12.5. The third-order valence-corrected chi connectivity index (χ3v) is 4.22. The Morgan fingerprint density at radius 3 is 2.52 bits per heavy atom. The molecule has 0 aliphatic rings. The highest BCUT2D eigenvalue weighted by Gasteiger charge is 2.29. The van der Waals surface area contributed by atoms with Gasteiger partial charge in [-0.1, -0.05) is 12.1 Å². The Labute approximate surface area is 134 Å². The molecule has 0 spiro atoms. The van der Waals surface area contributed by atoms with Gasteiger partial charge in [0.2, 0.25) is 0 Å². The van der Waals surface area contributed by atoms with E-state index >= 15 is 0 Å². The van der Waals surface area contributed by atoms with Crippen LogP contribution < -0.4 is 5.32 Å². The number of hydrogen-bond donors (Lipinski definition) is 1. The van der Waals surface area contributed by atoms with Crippen LogP contribution in [0.1, 0.15) is 16.1 Å². The molecule has 0 unspecified atom stereocenters. The van der Waals surface area contributed by atoms with E-state index in [0.717, 1.165) is 33.3 Å². The molecule has 3 rings (SSSR count). The molecule has 0 fully saturated rings. The molecule has 3 aromatic rings. The molecule has 1 N–H and O–H groups in total. The van der Waals surface area contributed by atoms with Crippen LogP contribution in [0.5, 0.6) is 0 Å². The van der Waals surface area contributed by atoms with Crippen LogP contribution in [0.15, 0.2) is 53.3 Å². The van der Waals surface area contributed by atoms with Crippen LogP contribution in [0.3, 0.4) is 0 Å². The Bertz CT molecular complexity index is 748. The molecule has 1 aromatic carbocycles. The summed E-state index contributed by atoms with van der Waals surface area (Å²) in [4.78, 5) is 5.24. The standard InChI is InChI=1S/C16H13F3N2OS/c17-16(18,19)12-5-3-11(4-6-12)8-20-10-15-21-9-14(23-15)13-2-1-7-22-13/h1-7,9,20H,8,10H2. The number of furan rings is 1. The lowest BCUT2D eigenvalue weighted by atomic mass is 10.1. The molecule has 0 bridgehead atoms. The normalized spacial score (nSPS) is 11.8. The Morgan fingerprint density at radius 1 is 1.09 bits per heavy atom. The predicted molar refractivity (Wildman–Crippen MR) is 81.8 cm³/mol. The van der Waals surface area contributed by atoms with Crippen molar-refractivity contribution in [2.24, 2.45) is 0 Å². The zero-order valence-corrected chi connectivity index (χ0v) is 12.7. The summed E-state index contributed by atoms with van der Waals surface area (Å²) < 4.78 is 42.7. The summed E-state index contributed by atoms with van der Waals surface area (Å²) in [6.07, 6.45) is -0.939. The number of thiazole rings is 1. The van der Waals surface area contributed by atoms with E-state index < -0.39 is 11.7 Å². The van der Waals surface area contributed by atoms with Crippen molar-refractivity contribution < 1.29 is 17.6 Å². The van der Waals surface area contributed by atoms with Crippen molar-refractivity contribution in [3.8, 4) is 10.6 Å². The van der Waals surface area contributed by atoms with E-state index in [9.17, 15) is 13.2 Å². The number of alkyl halides is 3. The van der Waals surface area contributed by atoms with Crippen LogP contribution in [0.25, 0.3) is 10.6 Å². The van der Waals surface area contributed by atoms with E-state index in [0.29, 0.717) is 13.1 Å². The monoisotopic (exact) mass is 338 g/mol. The second-order valence-electron chi connectivity index (χ2n) is 4.89. The molecule has 0 radical (unpaired) electrons. The van der Waals surface area contributed by atoms with Crippen molar-refractivity contribution in [2.45, 2.75) is 19.3 Å². The molecule has 0 amide bonds. The lowest BCUT2D eigenvalue weighted by molar-refractivity contribution is -0.137. The second kappa shape index (κ2) is 6.55. The van der Waals surface area contributed by atoms with Gasteiger partial charge in [0.05, 0.1) is 16.7 Å². The fourth-order valence-corrected chi connectivity index (χ4v) is 2.91. The van der Waals surface area contributed by atoms with Gasteiger partial charge >= 0.3 is 6.18 Å². The van der Waals surface area contributed by atoms with Gasteiger partial charge in [-0.25, -0.2) is 4.98 Å². The molecule has 23 heavy (non-hydrogen) atoms. The van der Waals surface area contributed by atoms with Crippen LogP contribution in [0.4, 0.5) is 13.2 Å². The molecule has 0 saturated carbocycles. The highest BCUT2D eigenvalue weighted by molar-refractivity contribution is 7.15. The first kappa shape index (κ1) is 15.8. The van der Waals surface area contributed by atoms with Gasteiger partial charge in [-0.05, 0) is 29.8 Å². The Morgan fingerprint density at radius 2 is 1.87 bits per heavy atom. The summed E-state index contributed by atoms with van der Waals surface area (Å²) in [6, 6.07) is 8.83. The fraction of sp³-hybridized carbons (Fsp3) is 0.188. The summed E-state index contributed by atoms with van der Waals surface area (Å²) in [5.41, 5.74) is 0.157. The third kappa shape index (κ3) is 4.00. The van der Waals surface area contributed by atoms with Crippen LogP contribution in [0, 0.1) is 0 Å². The molecule has 7 heteroatoms. The zero-order valence-electron chi connectivity index (χ0n) is 11.9. The molecule has 0 aliphatic carbocycles. The summed E-state index contributed by atoms with van der Waals surface area (Å²) >= 11 is 1.52. The summed E-state index contributed by atoms with van der Waals surface area (Å²) in [5.74, 6) is 0.775. The Balaban J connectivity index is 1.53. The molecule has 120 valence electrons. The molecule has 0 aliphatic heterocycles. The summed E-state index contributed by atoms with van der Waals surface area (Å²) in [5, 5.41) is 4.06. The van der Waals surface area contributed by atoms with Crippen molar-refractivity contribution in [2.75, 3.05) is 0 Å². The maximum atomic E-state index is 12.5. The largest absolute Gasteiger partial charge is 0.463 e. The predicted octanol–water partition coefficient (Wildman–Crippen LogP) is 4.71. The van der Waals surface area contributed by atoms with Gasteiger partial charge in [-0.15, -0.1) is 11.3 Å².